The molecule has 2 rings (SSSR count). The molecule has 0 saturated carbocycles. The SMILES string of the molecule is CCCCn1c(S[C@@H](C)C(=O)Nc2cccc(Cl)c2C)n[nH]c1=O. The molecule has 1 atom stereocenters. The third kappa shape index (κ3) is 4.42. The third-order valence-corrected chi connectivity index (χ3v) is 5.14. The van der Waals surface area contributed by atoms with Gasteiger partial charge in [0.05, 0.1) is 5.25 Å². The Morgan fingerprint density at radius 3 is 2.96 bits per heavy atom. The lowest BCUT2D eigenvalue weighted by Gasteiger charge is -2.14. The summed E-state index contributed by atoms with van der Waals surface area (Å²) < 4.78 is 1.57. The molecule has 1 aromatic carbocycles. The quantitative estimate of drug-likeness (QED) is 0.733. The molecule has 8 heteroatoms. The Morgan fingerprint density at radius 1 is 1.50 bits per heavy atom. The second kappa shape index (κ2) is 8.39. The number of halogens is 1. The fourth-order valence-electron chi connectivity index (χ4n) is 2.10. The largest absolute Gasteiger partial charge is 0.343 e. The van der Waals surface area contributed by atoms with Gasteiger partial charge in [0.15, 0.2) is 5.16 Å². The number of hydrogen-bond acceptors (Lipinski definition) is 4. The molecular weight excluding hydrogens is 348 g/mol. The van der Waals surface area contributed by atoms with Crippen LogP contribution >= 0.6 is 23.4 Å². The molecule has 0 radical (unpaired) electrons. The van der Waals surface area contributed by atoms with Gasteiger partial charge >= 0.3 is 5.69 Å². The van der Waals surface area contributed by atoms with E-state index in [1.807, 2.05) is 13.0 Å². The Balaban J connectivity index is 2.07. The summed E-state index contributed by atoms with van der Waals surface area (Å²) in [5, 5.41) is 10.1. The lowest BCUT2D eigenvalue weighted by atomic mass is 10.2. The van der Waals surface area contributed by atoms with E-state index in [2.05, 4.69) is 22.4 Å². The molecule has 0 unspecified atom stereocenters. The number of aromatic nitrogens is 3. The molecule has 1 aromatic heterocycles. The number of thioether (sulfide) groups is 1. The van der Waals surface area contributed by atoms with E-state index < -0.39 is 5.25 Å². The van der Waals surface area contributed by atoms with Gasteiger partial charge in [0.25, 0.3) is 0 Å². The van der Waals surface area contributed by atoms with E-state index in [9.17, 15) is 9.59 Å². The maximum atomic E-state index is 12.4. The summed E-state index contributed by atoms with van der Waals surface area (Å²) in [7, 11) is 0. The number of unbranched alkanes of at least 4 members (excludes halogenated alkanes) is 1. The molecule has 2 N–H and O–H groups in total. The van der Waals surface area contributed by atoms with E-state index in [1.54, 1.807) is 23.6 Å². The molecule has 0 saturated heterocycles. The third-order valence-electron chi connectivity index (χ3n) is 3.64. The maximum Gasteiger partial charge on any atom is 0.343 e. The minimum Gasteiger partial charge on any atom is -0.325 e. The van der Waals surface area contributed by atoms with Crippen molar-refractivity contribution < 1.29 is 4.79 Å². The Hall–Kier alpha value is -1.73. The molecule has 0 fully saturated rings. The van der Waals surface area contributed by atoms with Crippen LogP contribution in [0.3, 0.4) is 0 Å². The average Bonchev–Trinajstić information content (AvgIpc) is 2.89. The smallest absolute Gasteiger partial charge is 0.325 e. The van der Waals surface area contributed by atoms with Crippen molar-refractivity contribution in [1.82, 2.24) is 14.8 Å². The zero-order chi connectivity index (χ0) is 17.7. The molecule has 0 aliphatic carbocycles. The van der Waals surface area contributed by atoms with E-state index in [1.165, 1.54) is 11.8 Å². The Labute approximate surface area is 150 Å². The minimum atomic E-state index is -0.404. The van der Waals surface area contributed by atoms with Gasteiger partial charge in [-0.25, -0.2) is 9.89 Å². The van der Waals surface area contributed by atoms with Gasteiger partial charge in [-0.15, -0.1) is 5.10 Å². The van der Waals surface area contributed by atoms with Gasteiger partial charge < -0.3 is 5.32 Å². The molecule has 1 heterocycles. The van der Waals surface area contributed by atoms with Crippen molar-refractivity contribution in [2.24, 2.45) is 0 Å². The number of anilines is 1. The molecule has 0 bridgehead atoms. The van der Waals surface area contributed by atoms with Gasteiger partial charge in [-0.05, 0) is 38.0 Å². The topological polar surface area (TPSA) is 79.8 Å². The van der Waals surface area contributed by atoms with Crippen LogP contribution in [0.1, 0.15) is 32.3 Å². The van der Waals surface area contributed by atoms with Crippen molar-refractivity contribution in [2.45, 2.75) is 50.6 Å². The van der Waals surface area contributed by atoms with Crippen LogP contribution in [0.4, 0.5) is 5.69 Å². The summed E-state index contributed by atoms with van der Waals surface area (Å²) in [6.45, 7) is 6.28. The van der Waals surface area contributed by atoms with Crippen LogP contribution < -0.4 is 11.0 Å². The Bertz CT molecular complexity index is 772. The highest BCUT2D eigenvalue weighted by atomic mass is 35.5. The summed E-state index contributed by atoms with van der Waals surface area (Å²) in [6, 6.07) is 5.38. The van der Waals surface area contributed by atoms with Crippen LogP contribution in [0.5, 0.6) is 0 Å². The highest BCUT2D eigenvalue weighted by Gasteiger charge is 2.19. The highest BCUT2D eigenvalue weighted by Crippen LogP contribution is 2.25. The fourth-order valence-corrected chi connectivity index (χ4v) is 3.15. The van der Waals surface area contributed by atoms with Crippen LogP contribution in [0, 0.1) is 6.92 Å². The summed E-state index contributed by atoms with van der Waals surface area (Å²) in [5.41, 5.74) is 1.26. The fraction of sp³-hybridized carbons (Fsp3) is 0.438. The standard InChI is InChI=1S/C16H21ClN4O2S/c1-4-5-9-21-15(23)19-20-16(21)24-11(3)14(22)18-13-8-6-7-12(17)10(13)2/h6-8,11H,4-5,9H2,1-3H3,(H,18,22)(H,19,23)/t11-/m0/s1. The number of nitrogens with zero attached hydrogens (tertiary/aromatic N) is 2. The van der Waals surface area contributed by atoms with Crippen molar-refractivity contribution in [2.75, 3.05) is 5.32 Å². The number of carbonyl (C=O) groups excluding carboxylic acids is 1. The molecule has 6 nitrogen and oxygen atoms in total. The summed E-state index contributed by atoms with van der Waals surface area (Å²) >= 11 is 7.32. The van der Waals surface area contributed by atoms with E-state index in [4.69, 9.17) is 11.6 Å². The van der Waals surface area contributed by atoms with Crippen molar-refractivity contribution in [3.8, 4) is 0 Å². The number of amides is 1. The van der Waals surface area contributed by atoms with Gasteiger partial charge in [-0.3, -0.25) is 9.36 Å². The van der Waals surface area contributed by atoms with E-state index in [0.29, 0.717) is 22.4 Å². The Kier molecular flexibility index (Phi) is 6.51. The molecule has 130 valence electrons. The van der Waals surface area contributed by atoms with E-state index >= 15 is 0 Å². The zero-order valence-electron chi connectivity index (χ0n) is 13.9. The molecule has 0 aliphatic rings. The minimum absolute atomic E-state index is 0.164. The van der Waals surface area contributed by atoms with Crippen molar-refractivity contribution in [3.63, 3.8) is 0 Å². The summed E-state index contributed by atoms with van der Waals surface area (Å²) in [6.07, 6.45) is 1.86. The first-order valence-electron chi connectivity index (χ1n) is 7.81. The first kappa shape index (κ1) is 18.6. The van der Waals surface area contributed by atoms with Gasteiger partial charge in [-0.1, -0.05) is 42.8 Å². The van der Waals surface area contributed by atoms with Crippen molar-refractivity contribution in [3.05, 3.63) is 39.3 Å². The van der Waals surface area contributed by atoms with Crippen LogP contribution in [0.25, 0.3) is 0 Å². The van der Waals surface area contributed by atoms with Gasteiger partial charge in [-0.2, -0.15) is 0 Å². The second-order valence-corrected chi connectivity index (χ2v) is 7.19. The highest BCUT2D eigenvalue weighted by molar-refractivity contribution is 8.00. The van der Waals surface area contributed by atoms with Gasteiger partial charge in [0, 0.05) is 17.3 Å². The van der Waals surface area contributed by atoms with Crippen LogP contribution in [-0.4, -0.2) is 25.9 Å². The molecule has 1 amide bonds. The summed E-state index contributed by atoms with van der Waals surface area (Å²) in [4.78, 5) is 24.2. The number of rotatable bonds is 7. The van der Waals surface area contributed by atoms with E-state index in [-0.39, 0.29) is 11.6 Å². The van der Waals surface area contributed by atoms with Crippen LogP contribution in [0.15, 0.2) is 28.2 Å². The number of aromatic amines is 1. The van der Waals surface area contributed by atoms with Gasteiger partial charge in [0.2, 0.25) is 5.91 Å². The molecule has 0 aliphatic heterocycles. The zero-order valence-corrected chi connectivity index (χ0v) is 15.5. The lowest BCUT2D eigenvalue weighted by molar-refractivity contribution is -0.115. The second-order valence-electron chi connectivity index (χ2n) is 5.48. The first-order valence-corrected chi connectivity index (χ1v) is 9.07. The predicted molar refractivity (Wildman–Crippen MR) is 97.9 cm³/mol. The number of carbonyl (C=O) groups is 1. The first-order chi connectivity index (χ1) is 11.4. The molecular formula is C16H21ClN4O2S. The maximum absolute atomic E-state index is 12.4. The van der Waals surface area contributed by atoms with Crippen molar-refractivity contribution >= 4 is 35.0 Å². The number of nitrogens with one attached hydrogen (secondary N) is 2. The monoisotopic (exact) mass is 368 g/mol. The van der Waals surface area contributed by atoms with E-state index in [0.717, 1.165) is 18.4 Å². The number of benzene rings is 1. The normalized spacial score (nSPS) is 12.2. The van der Waals surface area contributed by atoms with Crippen molar-refractivity contribution in [1.29, 1.82) is 0 Å². The summed E-state index contributed by atoms with van der Waals surface area (Å²) in [5.74, 6) is -0.164. The molecule has 2 aromatic rings. The van der Waals surface area contributed by atoms with Gasteiger partial charge in [0.1, 0.15) is 0 Å². The van der Waals surface area contributed by atoms with Crippen LogP contribution in [0.2, 0.25) is 5.02 Å². The number of H-pyrrole nitrogens is 1. The molecule has 0 spiro atoms. The predicted octanol–water partition coefficient (Wildman–Crippen LogP) is 3.45. The van der Waals surface area contributed by atoms with Crippen LogP contribution in [-0.2, 0) is 11.3 Å². The molecule has 24 heavy (non-hydrogen) atoms. The number of hydrogen-bond donors (Lipinski definition) is 2. The lowest BCUT2D eigenvalue weighted by Crippen LogP contribution is -2.24. The average molecular weight is 369 g/mol. The Morgan fingerprint density at radius 2 is 2.25 bits per heavy atom.